The molecule has 0 N–H and O–H groups in total. The van der Waals surface area contributed by atoms with Crippen LogP contribution in [-0.4, -0.2) is 8.07 Å². The fraction of sp³-hybridized carbons (Fsp3) is 0.400. The summed E-state index contributed by atoms with van der Waals surface area (Å²) in [5.74, 6) is 3.26. The number of aryl methyl sites for hydroxylation is 1. The number of hydrogen-bond acceptors (Lipinski definition) is 1. The summed E-state index contributed by atoms with van der Waals surface area (Å²) in [4.78, 5) is 1.23. The topological polar surface area (TPSA) is 0 Å². The fourth-order valence-electron chi connectivity index (χ4n) is 0.745. The smallest absolute Gasteiger partial charge is 0.129 e. The van der Waals surface area contributed by atoms with Gasteiger partial charge in [0.2, 0.25) is 0 Å². The first kappa shape index (κ1) is 9.56. The van der Waals surface area contributed by atoms with E-state index in [0.717, 1.165) is 0 Å². The van der Waals surface area contributed by atoms with Gasteiger partial charge in [-0.3, -0.25) is 0 Å². The van der Waals surface area contributed by atoms with Crippen LogP contribution in [0.4, 0.5) is 0 Å². The zero-order valence-electron chi connectivity index (χ0n) is 8.06. The molecule has 0 saturated carbocycles. The van der Waals surface area contributed by atoms with Crippen molar-refractivity contribution in [1.82, 2.24) is 0 Å². The summed E-state index contributed by atoms with van der Waals surface area (Å²) < 4.78 is 0. The monoisotopic (exact) mass is 194 g/mol. The molecule has 0 spiro atoms. The molecule has 1 aromatic heterocycles. The molecule has 12 heavy (non-hydrogen) atoms. The van der Waals surface area contributed by atoms with E-state index < -0.39 is 8.07 Å². The van der Waals surface area contributed by atoms with Crippen molar-refractivity contribution in [3.8, 4) is 11.5 Å². The molecule has 0 fully saturated rings. The van der Waals surface area contributed by atoms with Gasteiger partial charge in [-0.2, -0.15) is 0 Å². The highest BCUT2D eigenvalue weighted by atomic mass is 32.1. The molecule has 0 aliphatic heterocycles. The average Bonchev–Trinajstić information content (AvgIpc) is 2.29. The molecule has 0 saturated heterocycles. The van der Waals surface area contributed by atoms with Gasteiger partial charge >= 0.3 is 0 Å². The summed E-state index contributed by atoms with van der Waals surface area (Å²) in [5, 5.41) is 2.10. The Morgan fingerprint density at radius 2 is 2.00 bits per heavy atom. The minimum absolute atomic E-state index is 1.19. The standard InChI is InChI=1S/C10H14SSi/c1-9-5-7-11-10(9)6-8-12(2,3)4/h5,7H,1-4H3. The second-order valence-corrected chi connectivity index (χ2v) is 9.60. The Kier molecular flexibility index (Phi) is 2.76. The fourth-order valence-corrected chi connectivity index (χ4v) is 2.11. The largest absolute Gasteiger partial charge is 0.135 e. The van der Waals surface area contributed by atoms with Gasteiger partial charge in [-0.25, -0.2) is 0 Å². The molecule has 0 bridgehead atoms. The van der Waals surface area contributed by atoms with E-state index in [-0.39, 0.29) is 0 Å². The number of hydrogen-bond donors (Lipinski definition) is 0. The molecule has 0 unspecified atom stereocenters. The highest BCUT2D eigenvalue weighted by Gasteiger charge is 2.07. The third kappa shape index (κ3) is 2.84. The van der Waals surface area contributed by atoms with Crippen molar-refractivity contribution in [1.29, 1.82) is 0 Å². The van der Waals surface area contributed by atoms with Crippen LogP contribution < -0.4 is 0 Å². The predicted molar refractivity (Wildman–Crippen MR) is 59.3 cm³/mol. The molecule has 64 valence electrons. The summed E-state index contributed by atoms with van der Waals surface area (Å²) in [5.41, 5.74) is 4.68. The molecule has 0 aromatic carbocycles. The van der Waals surface area contributed by atoms with Crippen LogP contribution in [0.3, 0.4) is 0 Å². The van der Waals surface area contributed by atoms with Crippen molar-refractivity contribution in [2.75, 3.05) is 0 Å². The summed E-state index contributed by atoms with van der Waals surface area (Å²) in [6, 6.07) is 2.12. The minimum Gasteiger partial charge on any atom is -0.135 e. The lowest BCUT2D eigenvalue weighted by Crippen LogP contribution is -2.16. The maximum absolute atomic E-state index is 3.36. The van der Waals surface area contributed by atoms with E-state index in [9.17, 15) is 0 Å². The highest BCUT2D eigenvalue weighted by Crippen LogP contribution is 2.13. The van der Waals surface area contributed by atoms with E-state index >= 15 is 0 Å². The normalized spacial score (nSPS) is 10.7. The van der Waals surface area contributed by atoms with Crippen molar-refractivity contribution in [2.24, 2.45) is 0 Å². The highest BCUT2D eigenvalue weighted by molar-refractivity contribution is 7.10. The lowest BCUT2D eigenvalue weighted by Gasteiger charge is -2.02. The first-order valence-electron chi connectivity index (χ1n) is 4.06. The molecular formula is C10H14SSi. The zero-order valence-corrected chi connectivity index (χ0v) is 9.88. The van der Waals surface area contributed by atoms with E-state index in [1.165, 1.54) is 10.4 Å². The van der Waals surface area contributed by atoms with Gasteiger partial charge in [-0.15, -0.1) is 16.9 Å². The Balaban J connectivity index is 2.87. The second-order valence-electron chi connectivity index (χ2n) is 3.93. The van der Waals surface area contributed by atoms with Crippen molar-refractivity contribution < 1.29 is 0 Å². The van der Waals surface area contributed by atoms with Gasteiger partial charge < -0.3 is 0 Å². The van der Waals surface area contributed by atoms with Crippen LogP contribution in [0, 0.1) is 18.4 Å². The predicted octanol–water partition coefficient (Wildman–Crippen LogP) is 3.29. The van der Waals surface area contributed by atoms with Gasteiger partial charge in [0.15, 0.2) is 0 Å². The van der Waals surface area contributed by atoms with Gasteiger partial charge in [0.25, 0.3) is 0 Å². The van der Waals surface area contributed by atoms with Gasteiger partial charge in [-0.1, -0.05) is 25.6 Å². The summed E-state index contributed by atoms with van der Waals surface area (Å²) in [6.07, 6.45) is 0. The Morgan fingerprint density at radius 1 is 1.33 bits per heavy atom. The molecule has 0 aliphatic carbocycles. The molecule has 0 radical (unpaired) electrons. The van der Waals surface area contributed by atoms with Gasteiger partial charge in [-0.05, 0) is 23.9 Å². The lowest BCUT2D eigenvalue weighted by molar-refractivity contribution is 1.53. The van der Waals surface area contributed by atoms with E-state index in [0.29, 0.717) is 0 Å². The van der Waals surface area contributed by atoms with Gasteiger partial charge in [0.1, 0.15) is 8.07 Å². The average molecular weight is 194 g/mol. The maximum atomic E-state index is 3.36. The van der Waals surface area contributed by atoms with Gasteiger partial charge in [0.05, 0.1) is 4.88 Å². The quantitative estimate of drug-likeness (QED) is 0.439. The lowest BCUT2D eigenvalue weighted by atomic mass is 10.3. The van der Waals surface area contributed by atoms with E-state index in [2.05, 4.69) is 49.5 Å². The molecule has 0 atom stereocenters. The zero-order chi connectivity index (χ0) is 9.19. The Bertz CT molecular complexity index is 320. The molecular weight excluding hydrogens is 180 g/mol. The van der Waals surface area contributed by atoms with Crippen molar-refractivity contribution in [3.63, 3.8) is 0 Å². The van der Waals surface area contributed by atoms with Crippen molar-refractivity contribution in [3.05, 3.63) is 21.9 Å². The van der Waals surface area contributed by atoms with Crippen LogP contribution in [0.2, 0.25) is 19.6 Å². The van der Waals surface area contributed by atoms with Crippen LogP contribution in [-0.2, 0) is 0 Å². The Hall–Kier alpha value is -0.523. The summed E-state index contributed by atoms with van der Waals surface area (Å²) in [6.45, 7) is 8.92. The van der Waals surface area contributed by atoms with E-state index in [1.807, 2.05) is 0 Å². The van der Waals surface area contributed by atoms with Crippen LogP contribution >= 0.6 is 11.3 Å². The molecule has 0 nitrogen and oxygen atoms in total. The Labute approximate surface area is 79.6 Å². The molecule has 1 rings (SSSR count). The van der Waals surface area contributed by atoms with E-state index in [1.54, 1.807) is 11.3 Å². The first-order valence-corrected chi connectivity index (χ1v) is 8.44. The van der Waals surface area contributed by atoms with Crippen LogP contribution in [0.25, 0.3) is 0 Å². The molecule has 0 aliphatic rings. The third-order valence-corrected chi connectivity index (χ3v) is 3.22. The minimum atomic E-state index is -1.19. The summed E-state index contributed by atoms with van der Waals surface area (Å²) in [7, 11) is -1.19. The van der Waals surface area contributed by atoms with E-state index in [4.69, 9.17) is 0 Å². The molecule has 1 heterocycles. The second kappa shape index (κ2) is 3.47. The van der Waals surface area contributed by atoms with Crippen LogP contribution in [0.5, 0.6) is 0 Å². The van der Waals surface area contributed by atoms with Crippen LogP contribution in [0.1, 0.15) is 10.4 Å². The third-order valence-electron chi connectivity index (χ3n) is 1.41. The number of thiophene rings is 1. The number of rotatable bonds is 0. The molecule has 1 aromatic rings. The SMILES string of the molecule is Cc1ccsc1C#C[Si](C)(C)C. The summed E-state index contributed by atoms with van der Waals surface area (Å²) >= 11 is 1.74. The molecule has 0 amide bonds. The van der Waals surface area contributed by atoms with Crippen molar-refractivity contribution in [2.45, 2.75) is 26.6 Å². The first-order chi connectivity index (χ1) is 5.49. The van der Waals surface area contributed by atoms with Gasteiger partial charge in [0, 0.05) is 0 Å². The maximum Gasteiger partial charge on any atom is 0.129 e. The Morgan fingerprint density at radius 3 is 2.42 bits per heavy atom. The van der Waals surface area contributed by atoms with Crippen molar-refractivity contribution >= 4 is 19.4 Å². The molecule has 2 heteroatoms. The van der Waals surface area contributed by atoms with Crippen LogP contribution in [0.15, 0.2) is 11.4 Å².